The van der Waals surface area contributed by atoms with Crippen LogP contribution in [0.2, 0.25) is 0 Å². The lowest BCUT2D eigenvalue weighted by Crippen LogP contribution is -2.13. The number of rotatable bonds is 5. The number of fused-ring (bicyclic) bond motifs is 1. The maximum absolute atomic E-state index is 11.9. The molecule has 0 atom stereocenters. The van der Waals surface area contributed by atoms with Crippen molar-refractivity contribution in [1.29, 1.82) is 0 Å². The van der Waals surface area contributed by atoms with E-state index in [0.717, 1.165) is 28.1 Å². The van der Waals surface area contributed by atoms with Crippen molar-refractivity contribution < 1.29 is 19.4 Å². The predicted molar refractivity (Wildman–Crippen MR) is 95.2 cm³/mol. The molecule has 6 heteroatoms. The Kier molecular flexibility index (Phi) is 4.80. The van der Waals surface area contributed by atoms with E-state index in [2.05, 4.69) is 10.3 Å². The number of carboxylic acids is 1. The number of hydrogen-bond acceptors (Lipinski definition) is 3. The van der Waals surface area contributed by atoms with E-state index in [0.29, 0.717) is 5.69 Å². The number of ether oxygens (including phenoxy) is 1. The van der Waals surface area contributed by atoms with Crippen molar-refractivity contribution in [3.63, 3.8) is 0 Å². The third-order valence-electron chi connectivity index (χ3n) is 3.58. The highest BCUT2D eigenvalue weighted by molar-refractivity contribution is 5.96. The van der Waals surface area contributed by atoms with Gasteiger partial charge in [-0.15, -0.1) is 0 Å². The molecule has 0 aliphatic rings. The summed E-state index contributed by atoms with van der Waals surface area (Å²) in [6.07, 6.45) is 3.72. The van der Waals surface area contributed by atoms with Crippen molar-refractivity contribution in [3.8, 4) is 0 Å². The number of amides is 1. The van der Waals surface area contributed by atoms with Crippen molar-refractivity contribution >= 4 is 34.7 Å². The molecular formula is C19H16N2O4. The fraction of sp³-hybridized carbons (Fsp3) is 0.0526. The van der Waals surface area contributed by atoms with E-state index in [-0.39, 0.29) is 6.61 Å². The molecule has 0 saturated heterocycles. The smallest absolute Gasteiger partial charge is 0.411 e. The largest absolute Gasteiger partial charge is 0.478 e. The summed E-state index contributed by atoms with van der Waals surface area (Å²) in [6, 6.07) is 14.7. The Morgan fingerprint density at radius 1 is 1.16 bits per heavy atom. The van der Waals surface area contributed by atoms with Crippen LogP contribution in [0, 0.1) is 0 Å². The molecule has 3 aromatic rings. The molecule has 0 fully saturated rings. The Balaban J connectivity index is 1.69. The molecule has 1 heterocycles. The van der Waals surface area contributed by atoms with Gasteiger partial charge < -0.3 is 14.8 Å². The van der Waals surface area contributed by atoms with Gasteiger partial charge in [-0.25, -0.2) is 9.59 Å². The minimum atomic E-state index is -1.02. The summed E-state index contributed by atoms with van der Waals surface area (Å²) < 4.78 is 5.19. The highest BCUT2D eigenvalue weighted by Crippen LogP contribution is 2.23. The second kappa shape index (κ2) is 7.35. The maximum atomic E-state index is 11.9. The summed E-state index contributed by atoms with van der Waals surface area (Å²) in [6.45, 7) is 0.186. The standard InChI is InChI=1S/C19H16N2O4/c22-18(23)9-6-14-11-20-17-8-7-15(10-16(14)17)21-19(24)25-12-13-4-2-1-3-5-13/h1-11,20H,12H2,(H,21,24)(H,22,23)/b9-6+. The summed E-state index contributed by atoms with van der Waals surface area (Å²) in [7, 11) is 0. The molecule has 0 saturated carbocycles. The number of nitrogens with one attached hydrogen (secondary N) is 2. The van der Waals surface area contributed by atoms with Crippen LogP contribution in [0.5, 0.6) is 0 Å². The van der Waals surface area contributed by atoms with Gasteiger partial charge in [-0.2, -0.15) is 0 Å². The third kappa shape index (κ3) is 4.26. The zero-order valence-corrected chi connectivity index (χ0v) is 13.2. The minimum Gasteiger partial charge on any atom is -0.478 e. The molecule has 0 aliphatic carbocycles. The lowest BCUT2D eigenvalue weighted by Gasteiger charge is -2.07. The highest BCUT2D eigenvalue weighted by atomic mass is 16.5. The second-order valence-electron chi connectivity index (χ2n) is 5.36. The van der Waals surface area contributed by atoms with Gasteiger partial charge in [0.05, 0.1) is 0 Å². The normalized spacial score (nSPS) is 10.9. The number of anilines is 1. The number of carboxylic acid groups (broad SMARTS) is 1. The lowest BCUT2D eigenvalue weighted by molar-refractivity contribution is -0.131. The van der Waals surface area contributed by atoms with E-state index in [4.69, 9.17) is 9.84 Å². The van der Waals surface area contributed by atoms with Crippen LogP contribution in [0.3, 0.4) is 0 Å². The number of aromatic amines is 1. The van der Waals surface area contributed by atoms with Crippen molar-refractivity contribution in [2.45, 2.75) is 6.61 Å². The van der Waals surface area contributed by atoms with Crippen LogP contribution in [-0.4, -0.2) is 22.2 Å². The van der Waals surface area contributed by atoms with E-state index in [1.807, 2.05) is 30.3 Å². The van der Waals surface area contributed by atoms with E-state index >= 15 is 0 Å². The van der Waals surface area contributed by atoms with E-state index in [1.54, 1.807) is 24.4 Å². The summed E-state index contributed by atoms with van der Waals surface area (Å²) in [5.41, 5.74) is 3.03. The Hall–Kier alpha value is -3.54. The molecule has 0 unspecified atom stereocenters. The second-order valence-corrected chi connectivity index (χ2v) is 5.36. The van der Waals surface area contributed by atoms with Gasteiger partial charge in [0, 0.05) is 34.4 Å². The number of aliphatic carboxylic acids is 1. The van der Waals surface area contributed by atoms with Crippen LogP contribution >= 0.6 is 0 Å². The topological polar surface area (TPSA) is 91.4 Å². The Morgan fingerprint density at radius 3 is 2.72 bits per heavy atom. The van der Waals surface area contributed by atoms with E-state index in [1.165, 1.54) is 6.08 Å². The van der Waals surface area contributed by atoms with Crippen molar-refractivity contribution in [2.24, 2.45) is 0 Å². The van der Waals surface area contributed by atoms with Gasteiger partial charge in [-0.3, -0.25) is 5.32 Å². The Labute approximate surface area is 143 Å². The Morgan fingerprint density at radius 2 is 1.96 bits per heavy atom. The first kappa shape index (κ1) is 16.3. The average molecular weight is 336 g/mol. The van der Waals surface area contributed by atoms with Crippen LogP contribution in [0.25, 0.3) is 17.0 Å². The molecule has 3 N–H and O–H groups in total. The summed E-state index contributed by atoms with van der Waals surface area (Å²) in [5, 5.41) is 12.2. The molecule has 1 amide bonds. The monoisotopic (exact) mass is 336 g/mol. The highest BCUT2D eigenvalue weighted by Gasteiger charge is 2.07. The van der Waals surface area contributed by atoms with Gasteiger partial charge in [0.25, 0.3) is 0 Å². The third-order valence-corrected chi connectivity index (χ3v) is 3.58. The molecule has 0 radical (unpaired) electrons. The molecule has 1 aromatic heterocycles. The summed E-state index contributed by atoms with van der Waals surface area (Å²) in [4.78, 5) is 25.6. The zero-order valence-electron chi connectivity index (χ0n) is 13.2. The van der Waals surface area contributed by atoms with E-state index < -0.39 is 12.1 Å². The molecule has 0 bridgehead atoms. The fourth-order valence-electron chi connectivity index (χ4n) is 2.40. The SMILES string of the molecule is O=C(O)/C=C/c1c[nH]c2ccc(NC(=O)OCc3ccccc3)cc12. The Bertz CT molecular complexity index is 929. The van der Waals surface area contributed by atoms with Crippen LogP contribution in [0.4, 0.5) is 10.5 Å². The number of hydrogen-bond donors (Lipinski definition) is 3. The van der Waals surface area contributed by atoms with Gasteiger partial charge >= 0.3 is 12.1 Å². The fourth-order valence-corrected chi connectivity index (χ4v) is 2.40. The number of carbonyl (C=O) groups excluding carboxylic acids is 1. The molecule has 3 rings (SSSR count). The van der Waals surface area contributed by atoms with Crippen LogP contribution < -0.4 is 5.32 Å². The van der Waals surface area contributed by atoms with Gasteiger partial charge in [0.2, 0.25) is 0 Å². The number of H-pyrrole nitrogens is 1. The van der Waals surface area contributed by atoms with Crippen molar-refractivity contribution in [1.82, 2.24) is 4.98 Å². The quantitative estimate of drug-likeness (QED) is 0.614. The van der Waals surface area contributed by atoms with Crippen LogP contribution in [-0.2, 0) is 16.1 Å². The molecular weight excluding hydrogens is 320 g/mol. The molecule has 25 heavy (non-hydrogen) atoms. The molecule has 0 aliphatic heterocycles. The van der Waals surface area contributed by atoms with Gasteiger partial charge in [-0.05, 0) is 29.8 Å². The molecule has 2 aromatic carbocycles. The van der Waals surface area contributed by atoms with Crippen molar-refractivity contribution in [3.05, 3.63) is 71.9 Å². The van der Waals surface area contributed by atoms with Crippen molar-refractivity contribution in [2.75, 3.05) is 5.32 Å². The average Bonchev–Trinajstić information content (AvgIpc) is 3.01. The van der Waals surface area contributed by atoms with Gasteiger partial charge in [-0.1, -0.05) is 30.3 Å². The lowest BCUT2D eigenvalue weighted by atomic mass is 10.1. The maximum Gasteiger partial charge on any atom is 0.411 e. The molecule has 0 spiro atoms. The summed E-state index contributed by atoms with van der Waals surface area (Å²) in [5.74, 6) is -1.02. The molecule has 126 valence electrons. The molecule has 6 nitrogen and oxygen atoms in total. The summed E-state index contributed by atoms with van der Waals surface area (Å²) >= 11 is 0. The number of aromatic nitrogens is 1. The first-order valence-electron chi connectivity index (χ1n) is 7.61. The zero-order chi connectivity index (χ0) is 17.6. The minimum absolute atomic E-state index is 0.186. The predicted octanol–water partition coefficient (Wildman–Crippen LogP) is 4.01. The number of benzene rings is 2. The van der Waals surface area contributed by atoms with Crippen LogP contribution in [0.1, 0.15) is 11.1 Å². The van der Waals surface area contributed by atoms with Gasteiger partial charge in [0.1, 0.15) is 6.61 Å². The van der Waals surface area contributed by atoms with E-state index in [9.17, 15) is 9.59 Å². The van der Waals surface area contributed by atoms with Crippen LogP contribution in [0.15, 0.2) is 60.8 Å². The van der Waals surface area contributed by atoms with Gasteiger partial charge in [0.15, 0.2) is 0 Å². The first-order chi connectivity index (χ1) is 12.1. The number of carbonyl (C=O) groups is 2. The first-order valence-corrected chi connectivity index (χ1v) is 7.61.